The molecular weight excluding hydrogens is 322 g/mol. The number of rotatable bonds is 5. The maximum atomic E-state index is 11.0. The van der Waals surface area contributed by atoms with Crippen molar-refractivity contribution in [1.29, 1.82) is 0 Å². The first kappa shape index (κ1) is 15.6. The topological polar surface area (TPSA) is 70.8 Å². The summed E-state index contributed by atoms with van der Waals surface area (Å²) in [5.74, 6) is 1.00. The van der Waals surface area contributed by atoms with E-state index in [4.69, 9.17) is 25.8 Å². The van der Waals surface area contributed by atoms with E-state index < -0.39 is 4.92 Å². The highest BCUT2D eigenvalue weighted by Gasteiger charge is 2.17. The van der Waals surface area contributed by atoms with Crippen LogP contribution in [0.1, 0.15) is 11.1 Å². The molecule has 0 bridgehead atoms. The second-order valence-electron chi connectivity index (χ2n) is 4.99. The average Bonchev–Trinajstić information content (AvgIpc) is 2.55. The Hall–Kier alpha value is -2.31. The summed E-state index contributed by atoms with van der Waals surface area (Å²) in [7, 11) is 0. The third-order valence-corrected chi connectivity index (χ3v) is 3.66. The van der Waals surface area contributed by atoms with Crippen molar-refractivity contribution in [3.05, 3.63) is 62.7 Å². The highest BCUT2D eigenvalue weighted by atomic mass is 35.5. The summed E-state index contributed by atoms with van der Waals surface area (Å²) < 4.78 is 16.3. The van der Waals surface area contributed by atoms with Crippen LogP contribution in [0.2, 0.25) is 5.02 Å². The van der Waals surface area contributed by atoms with Crippen molar-refractivity contribution in [1.82, 2.24) is 0 Å². The first-order valence-corrected chi connectivity index (χ1v) is 7.41. The van der Waals surface area contributed by atoms with Crippen molar-refractivity contribution < 1.29 is 19.1 Å². The van der Waals surface area contributed by atoms with Crippen LogP contribution in [0.25, 0.3) is 0 Å². The van der Waals surface area contributed by atoms with Crippen LogP contribution < -0.4 is 9.47 Å². The summed E-state index contributed by atoms with van der Waals surface area (Å²) in [4.78, 5) is 10.5. The fourth-order valence-corrected chi connectivity index (χ4v) is 2.71. The standard InChI is InChI=1S/C16H14ClNO5/c17-13-7-11(16-12(8-13)9-21-10-23-16)5-6-22-15-4-2-1-3-14(15)18(19)20/h1-4,7-8H,5-6,9-10H2. The molecule has 0 saturated carbocycles. The van der Waals surface area contributed by atoms with Crippen molar-refractivity contribution in [3.8, 4) is 11.5 Å². The van der Waals surface area contributed by atoms with Crippen LogP contribution in [-0.2, 0) is 17.8 Å². The van der Waals surface area contributed by atoms with Gasteiger partial charge in [-0.15, -0.1) is 0 Å². The molecule has 2 aromatic rings. The molecule has 6 nitrogen and oxygen atoms in total. The second-order valence-corrected chi connectivity index (χ2v) is 5.42. The highest BCUT2D eigenvalue weighted by Crippen LogP contribution is 2.32. The lowest BCUT2D eigenvalue weighted by molar-refractivity contribution is -0.385. The molecule has 0 saturated heterocycles. The van der Waals surface area contributed by atoms with Gasteiger partial charge in [-0.1, -0.05) is 23.7 Å². The van der Waals surface area contributed by atoms with E-state index in [0.29, 0.717) is 18.1 Å². The molecule has 2 aromatic carbocycles. The molecule has 1 heterocycles. The molecule has 0 radical (unpaired) electrons. The van der Waals surface area contributed by atoms with Crippen molar-refractivity contribution >= 4 is 17.3 Å². The summed E-state index contributed by atoms with van der Waals surface area (Å²) in [6.45, 7) is 0.933. The van der Waals surface area contributed by atoms with Crippen molar-refractivity contribution in [3.63, 3.8) is 0 Å². The number of halogens is 1. The summed E-state index contributed by atoms with van der Waals surface area (Å²) in [5, 5.41) is 11.6. The van der Waals surface area contributed by atoms with Crippen LogP contribution in [0.4, 0.5) is 5.69 Å². The molecular formula is C16H14ClNO5. The molecule has 0 fully saturated rings. The number of fused-ring (bicyclic) bond motifs is 1. The van der Waals surface area contributed by atoms with Gasteiger partial charge in [0.25, 0.3) is 0 Å². The quantitative estimate of drug-likeness (QED) is 0.615. The number of para-hydroxylation sites is 2. The number of nitrogens with zero attached hydrogens (tertiary/aromatic N) is 1. The van der Waals surface area contributed by atoms with Crippen LogP contribution >= 0.6 is 11.6 Å². The van der Waals surface area contributed by atoms with Gasteiger partial charge in [0.05, 0.1) is 18.1 Å². The van der Waals surface area contributed by atoms with Gasteiger partial charge in [0.15, 0.2) is 12.5 Å². The maximum absolute atomic E-state index is 11.0. The molecule has 0 aromatic heterocycles. The normalized spacial score (nSPS) is 13.1. The lowest BCUT2D eigenvalue weighted by Gasteiger charge is -2.21. The van der Waals surface area contributed by atoms with E-state index in [1.165, 1.54) is 6.07 Å². The molecule has 0 spiro atoms. The summed E-state index contributed by atoms with van der Waals surface area (Å²) >= 11 is 6.10. The summed E-state index contributed by atoms with van der Waals surface area (Å²) in [6, 6.07) is 9.92. The predicted octanol–water partition coefficient (Wildman–Crippen LogP) is 3.74. The average molecular weight is 336 g/mol. The lowest BCUT2D eigenvalue weighted by Crippen LogP contribution is -2.14. The first-order chi connectivity index (χ1) is 11.1. The molecule has 0 unspecified atom stereocenters. The molecule has 1 aliphatic rings. The highest BCUT2D eigenvalue weighted by molar-refractivity contribution is 6.30. The minimum atomic E-state index is -0.461. The number of hydrogen-bond acceptors (Lipinski definition) is 5. The van der Waals surface area contributed by atoms with Gasteiger partial charge in [0.2, 0.25) is 0 Å². The Labute approximate surface area is 137 Å². The summed E-state index contributed by atoms with van der Waals surface area (Å²) in [5.41, 5.74) is 1.74. The van der Waals surface area contributed by atoms with Gasteiger partial charge in [-0.05, 0) is 23.8 Å². The zero-order valence-corrected chi connectivity index (χ0v) is 12.9. The summed E-state index contributed by atoms with van der Waals surface area (Å²) in [6.07, 6.45) is 0.523. The molecule has 3 rings (SSSR count). The number of ether oxygens (including phenoxy) is 3. The minimum absolute atomic E-state index is 0.0507. The Kier molecular flexibility index (Phi) is 4.64. The van der Waals surface area contributed by atoms with E-state index in [0.717, 1.165) is 16.9 Å². The van der Waals surface area contributed by atoms with E-state index in [1.54, 1.807) is 18.2 Å². The third kappa shape index (κ3) is 3.55. The number of benzene rings is 2. The molecule has 7 heteroatoms. The third-order valence-electron chi connectivity index (χ3n) is 3.44. The molecule has 0 N–H and O–H groups in total. The molecule has 0 amide bonds. The van der Waals surface area contributed by atoms with Gasteiger partial charge in [-0.2, -0.15) is 0 Å². The molecule has 23 heavy (non-hydrogen) atoms. The number of nitro groups is 1. The predicted molar refractivity (Wildman–Crippen MR) is 84.0 cm³/mol. The van der Waals surface area contributed by atoms with Crippen molar-refractivity contribution in [2.45, 2.75) is 13.0 Å². The van der Waals surface area contributed by atoms with E-state index in [2.05, 4.69) is 0 Å². The fraction of sp³-hybridized carbons (Fsp3) is 0.250. The zero-order chi connectivity index (χ0) is 16.2. The largest absolute Gasteiger partial charge is 0.486 e. The van der Waals surface area contributed by atoms with E-state index in [9.17, 15) is 10.1 Å². The van der Waals surface area contributed by atoms with Gasteiger partial charge < -0.3 is 14.2 Å². The Morgan fingerprint density at radius 3 is 2.96 bits per heavy atom. The molecule has 120 valence electrons. The first-order valence-electron chi connectivity index (χ1n) is 7.03. The van der Waals surface area contributed by atoms with Gasteiger partial charge in [0, 0.05) is 23.1 Å². The van der Waals surface area contributed by atoms with Crippen LogP contribution in [0.15, 0.2) is 36.4 Å². The lowest BCUT2D eigenvalue weighted by atomic mass is 10.1. The molecule has 0 atom stereocenters. The van der Waals surface area contributed by atoms with Crippen molar-refractivity contribution in [2.75, 3.05) is 13.4 Å². The minimum Gasteiger partial charge on any atom is -0.486 e. The Morgan fingerprint density at radius 1 is 1.30 bits per heavy atom. The number of hydrogen-bond donors (Lipinski definition) is 0. The Morgan fingerprint density at radius 2 is 2.13 bits per heavy atom. The van der Waals surface area contributed by atoms with Crippen LogP contribution in [0.3, 0.4) is 0 Å². The van der Waals surface area contributed by atoms with Gasteiger partial charge in [-0.25, -0.2) is 0 Å². The maximum Gasteiger partial charge on any atom is 0.310 e. The van der Waals surface area contributed by atoms with Gasteiger partial charge >= 0.3 is 5.69 Å². The van der Waals surface area contributed by atoms with Crippen LogP contribution in [0.5, 0.6) is 11.5 Å². The van der Waals surface area contributed by atoms with Gasteiger partial charge in [-0.3, -0.25) is 10.1 Å². The van der Waals surface area contributed by atoms with E-state index >= 15 is 0 Å². The van der Waals surface area contributed by atoms with E-state index in [-0.39, 0.29) is 24.8 Å². The Balaban J connectivity index is 1.72. The monoisotopic (exact) mass is 335 g/mol. The van der Waals surface area contributed by atoms with Crippen molar-refractivity contribution in [2.24, 2.45) is 0 Å². The van der Waals surface area contributed by atoms with Gasteiger partial charge in [0.1, 0.15) is 5.75 Å². The SMILES string of the molecule is O=[N+]([O-])c1ccccc1OCCc1cc(Cl)cc2c1OCOC2. The second kappa shape index (κ2) is 6.85. The van der Waals surface area contributed by atoms with Crippen LogP contribution in [-0.4, -0.2) is 18.3 Å². The fourth-order valence-electron chi connectivity index (χ4n) is 2.44. The number of nitro benzene ring substituents is 1. The van der Waals surface area contributed by atoms with E-state index in [1.807, 2.05) is 12.1 Å². The zero-order valence-electron chi connectivity index (χ0n) is 12.2. The Bertz CT molecular complexity index is 734. The smallest absolute Gasteiger partial charge is 0.310 e. The van der Waals surface area contributed by atoms with Crippen LogP contribution in [0, 0.1) is 10.1 Å². The molecule has 1 aliphatic heterocycles. The molecule has 0 aliphatic carbocycles.